The van der Waals surface area contributed by atoms with E-state index in [1.807, 2.05) is 51.1 Å². The quantitative estimate of drug-likeness (QED) is 0.763. The van der Waals surface area contributed by atoms with Crippen molar-refractivity contribution in [3.05, 3.63) is 42.1 Å². The lowest BCUT2D eigenvalue weighted by atomic mass is 9.98. The molecule has 2 aromatic rings. The van der Waals surface area contributed by atoms with E-state index in [0.717, 1.165) is 28.8 Å². The van der Waals surface area contributed by atoms with Crippen molar-refractivity contribution in [2.75, 3.05) is 23.3 Å². The molecule has 0 unspecified atom stereocenters. The third kappa shape index (κ3) is 4.84. The van der Waals surface area contributed by atoms with E-state index in [-0.39, 0.29) is 11.8 Å². The molecule has 0 spiro atoms. The van der Waals surface area contributed by atoms with Crippen LogP contribution in [0.2, 0.25) is 0 Å². The van der Waals surface area contributed by atoms with Gasteiger partial charge in [-0.05, 0) is 74.9 Å². The molecule has 0 bridgehead atoms. The van der Waals surface area contributed by atoms with Crippen molar-refractivity contribution in [1.29, 1.82) is 0 Å². The SMILES string of the molecule is CC(=O)Nc1cc(-c2cccc3c2CCN3C(=O)[C@@H]2CCCN2C(=O)OC(C)(C)C)ccn1. The number of benzene rings is 1. The molecule has 3 heterocycles. The van der Waals surface area contributed by atoms with Crippen molar-refractivity contribution < 1.29 is 19.1 Å². The molecule has 1 aromatic carbocycles. The smallest absolute Gasteiger partial charge is 0.410 e. The number of carbonyl (C=O) groups excluding carboxylic acids is 3. The van der Waals surface area contributed by atoms with E-state index in [4.69, 9.17) is 4.74 Å². The number of hydrogen-bond donors (Lipinski definition) is 1. The number of carbonyl (C=O) groups is 3. The van der Waals surface area contributed by atoms with E-state index in [9.17, 15) is 14.4 Å². The summed E-state index contributed by atoms with van der Waals surface area (Å²) in [4.78, 5) is 45.2. The van der Waals surface area contributed by atoms with Gasteiger partial charge in [-0.25, -0.2) is 9.78 Å². The highest BCUT2D eigenvalue weighted by molar-refractivity contribution is 6.01. The Morgan fingerprint density at radius 2 is 1.94 bits per heavy atom. The molecule has 4 rings (SSSR count). The van der Waals surface area contributed by atoms with Gasteiger partial charge in [0.15, 0.2) is 0 Å². The third-order valence-electron chi connectivity index (χ3n) is 5.83. The molecule has 1 N–H and O–H groups in total. The molecule has 8 nitrogen and oxygen atoms in total. The predicted molar refractivity (Wildman–Crippen MR) is 126 cm³/mol. The maximum atomic E-state index is 13.5. The first-order chi connectivity index (χ1) is 15.6. The highest BCUT2D eigenvalue weighted by Crippen LogP contribution is 2.38. The molecule has 8 heteroatoms. The minimum Gasteiger partial charge on any atom is -0.444 e. The summed E-state index contributed by atoms with van der Waals surface area (Å²) in [5.74, 6) is 0.242. The summed E-state index contributed by atoms with van der Waals surface area (Å²) in [5, 5.41) is 2.71. The van der Waals surface area contributed by atoms with Crippen LogP contribution in [0, 0.1) is 0 Å². The number of hydrogen-bond acceptors (Lipinski definition) is 5. The second-order valence-electron chi connectivity index (χ2n) is 9.49. The number of rotatable bonds is 3. The molecule has 0 aliphatic carbocycles. The highest BCUT2D eigenvalue weighted by Gasteiger charge is 2.40. The van der Waals surface area contributed by atoms with Crippen LogP contribution in [-0.4, -0.2) is 52.5 Å². The van der Waals surface area contributed by atoms with E-state index in [1.54, 1.807) is 16.0 Å². The van der Waals surface area contributed by atoms with Gasteiger partial charge in [-0.2, -0.15) is 0 Å². The molecule has 33 heavy (non-hydrogen) atoms. The largest absolute Gasteiger partial charge is 0.444 e. The van der Waals surface area contributed by atoms with Crippen LogP contribution in [0.25, 0.3) is 11.1 Å². The van der Waals surface area contributed by atoms with Gasteiger partial charge in [0.1, 0.15) is 17.5 Å². The maximum Gasteiger partial charge on any atom is 0.410 e. The highest BCUT2D eigenvalue weighted by atomic mass is 16.6. The average molecular weight is 451 g/mol. The molecule has 3 amide bonds. The molecule has 1 saturated heterocycles. The van der Waals surface area contributed by atoms with Crippen molar-refractivity contribution in [2.45, 2.75) is 58.6 Å². The summed E-state index contributed by atoms with van der Waals surface area (Å²) in [5.41, 5.74) is 3.27. The zero-order valence-corrected chi connectivity index (χ0v) is 19.6. The predicted octanol–water partition coefficient (Wildman–Crippen LogP) is 4.00. The fraction of sp³-hybridized carbons (Fsp3) is 0.440. The first-order valence-electron chi connectivity index (χ1n) is 11.3. The minimum atomic E-state index is -0.608. The van der Waals surface area contributed by atoms with Gasteiger partial charge >= 0.3 is 6.09 Å². The van der Waals surface area contributed by atoms with E-state index in [2.05, 4.69) is 10.3 Å². The van der Waals surface area contributed by atoms with Crippen LogP contribution in [0.5, 0.6) is 0 Å². The maximum absolute atomic E-state index is 13.5. The van der Waals surface area contributed by atoms with Gasteiger partial charge in [0.2, 0.25) is 11.8 Å². The van der Waals surface area contributed by atoms with E-state index >= 15 is 0 Å². The van der Waals surface area contributed by atoms with Crippen LogP contribution >= 0.6 is 0 Å². The molecule has 2 aliphatic rings. The zero-order chi connectivity index (χ0) is 23.8. The first-order valence-corrected chi connectivity index (χ1v) is 11.3. The Bertz CT molecular complexity index is 1090. The van der Waals surface area contributed by atoms with Crippen LogP contribution in [0.15, 0.2) is 36.5 Å². The number of aromatic nitrogens is 1. The molecule has 1 fully saturated rings. The molecule has 2 aliphatic heterocycles. The van der Waals surface area contributed by atoms with Gasteiger partial charge in [-0.15, -0.1) is 0 Å². The summed E-state index contributed by atoms with van der Waals surface area (Å²) in [6, 6.07) is 9.12. The summed E-state index contributed by atoms with van der Waals surface area (Å²) in [6.07, 6.45) is 3.35. The Morgan fingerprint density at radius 3 is 2.67 bits per heavy atom. The van der Waals surface area contributed by atoms with Gasteiger partial charge in [0.05, 0.1) is 0 Å². The van der Waals surface area contributed by atoms with E-state index in [1.165, 1.54) is 6.92 Å². The van der Waals surface area contributed by atoms with E-state index in [0.29, 0.717) is 31.7 Å². The van der Waals surface area contributed by atoms with Crippen LogP contribution in [0.4, 0.5) is 16.3 Å². The number of amides is 3. The number of likely N-dealkylation sites (tertiary alicyclic amines) is 1. The topological polar surface area (TPSA) is 91.8 Å². The van der Waals surface area contributed by atoms with Gasteiger partial charge in [0.25, 0.3) is 0 Å². The number of pyridine rings is 1. The first kappa shape index (κ1) is 22.8. The number of ether oxygens (including phenoxy) is 1. The van der Waals surface area contributed by atoms with Crippen molar-refractivity contribution in [3.63, 3.8) is 0 Å². The Labute approximate surface area is 193 Å². The molecule has 0 radical (unpaired) electrons. The van der Waals surface area contributed by atoms with Gasteiger partial charge in [-0.1, -0.05) is 12.1 Å². The lowest BCUT2D eigenvalue weighted by Crippen LogP contribution is -2.48. The second kappa shape index (κ2) is 8.84. The Kier molecular flexibility index (Phi) is 6.10. The summed E-state index contributed by atoms with van der Waals surface area (Å²) in [6.45, 7) is 8.01. The van der Waals surface area contributed by atoms with Crippen LogP contribution < -0.4 is 10.2 Å². The molecular weight excluding hydrogens is 420 g/mol. The summed E-state index contributed by atoms with van der Waals surface area (Å²) in [7, 11) is 0. The van der Waals surface area contributed by atoms with Crippen LogP contribution in [0.3, 0.4) is 0 Å². The third-order valence-corrected chi connectivity index (χ3v) is 5.83. The Morgan fingerprint density at radius 1 is 1.15 bits per heavy atom. The lowest BCUT2D eigenvalue weighted by Gasteiger charge is -2.30. The van der Waals surface area contributed by atoms with Crippen LogP contribution in [-0.2, 0) is 20.7 Å². The Balaban J connectivity index is 1.59. The fourth-order valence-electron chi connectivity index (χ4n) is 4.52. The standard InChI is InChI=1S/C25H30N4O4/c1-16(30)27-22-15-17(10-12-26-22)18-7-5-8-20-19(18)11-14-28(20)23(31)21-9-6-13-29(21)24(32)33-25(2,3)4/h5,7-8,10,12,15,21H,6,9,11,13-14H2,1-4H3,(H,26,27,30)/t21-/m0/s1. The lowest BCUT2D eigenvalue weighted by molar-refractivity contribution is -0.122. The van der Waals surface area contributed by atoms with E-state index < -0.39 is 17.7 Å². The molecule has 174 valence electrons. The van der Waals surface area contributed by atoms with Crippen molar-refractivity contribution in [3.8, 4) is 11.1 Å². The number of nitrogens with zero attached hydrogens (tertiary/aromatic N) is 3. The number of anilines is 2. The zero-order valence-electron chi connectivity index (χ0n) is 19.6. The molecule has 0 saturated carbocycles. The summed E-state index contributed by atoms with van der Waals surface area (Å²) < 4.78 is 5.53. The number of fused-ring (bicyclic) bond motifs is 1. The normalized spacial score (nSPS) is 17.6. The fourth-order valence-corrected chi connectivity index (χ4v) is 4.52. The molecular formula is C25H30N4O4. The van der Waals surface area contributed by atoms with Crippen molar-refractivity contribution in [1.82, 2.24) is 9.88 Å². The van der Waals surface area contributed by atoms with Crippen molar-refractivity contribution >= 4 is 29.4 Å². The molecule has 1 aromatic heterocycles. The number of nitrogens with one attached hydrogen (secondary N) is 1. The monoisotopic (exact) mass is 450 g/mol. The van der Waals surface area contributed by atoms with Gasteiger partial charge < -0.3 is 15.0 Å². The molecule has 1 atom stereocenters. The van der Waals surface area contributed by atoms with Crippen LogP contribution in [0.1, 0.15) is 46.1 Å². The van der Waals surface area contributed by atoms with Gasteiger partial charge in [0, 0.05) is 31.9 Å². The second-order valence-corrected chi connectivity index (χ2v) is 9.49. The average Bonchev–Trinajstić information content (AvgIpc) is 3.39. The minimum absolute atomic E-state index is 0.0667. The van der Waals surface area contributed by atoms with Crippen molar-refractivity contribution in [2.24, 2.45) is 0 Å². The summed E-state index contributed by atoms with van der Waals surface area (Å²) >= 11 is 0. The van der Waals surface area contributed by atoms with Gasteiger partial charge in [-0.3, -0.25) is 14.5 Å². The Hall–Kier alpha value is -3.42.